The molecule has 0 atom stereocenters. The average molecular weight is 369 g/mol. The second-order valence-corrected chi connectivity index (χ2v) is 6.35. The van der Waals surface area contributed by atoms with Gasteiger partial charge >= 0.3 is 5.97 Å². The molecule has 1 fully saturated rings. The number of rotatable bonds is 5. The summed E-state index contributed by atoms with van der Waals surface area (Å²) in [4.78, 5) is 28.6. The van der Waals surface area contributed by atoms with Crippen molar-refractivity contribution in [3.8, 4) is 11.3 Å². The van der Waals surface area contributed by atoms with Crippen LogP contribution < -0.4 is 5.32 Å². The van der Waals surface area contributed by atoms with Gasteiger partial charge in [-0.1, -0.05) is 5.16 Å². The second-order valence-electron chi connectivity index (χ2n) is 6.35. The minimum atomic E-state index is -0.555. The topological polar surface area (TPSA) is 94.3 Å². The van der Waals surface area contributed by atoms with Crippen LogP contribution in [-0.4, -0.2) is 35.7 Å². The molecular formula is C19H16FN3O4. The number of carbonyl (C=O) groups excluding carboxylic acids is 2. The predicted molar refractivity (Wildman–Crippen MR) is 93.5 cm³/mol. The average Bonchev–Trinajstić information content (AvgIpc) is 3.45. The van der Waals surface area contributed by atoms with Crippen LogP contribution in [0.2, 0.25) is 0 Å². The predicted octanol–water partition coefficient (Wildman–Crippen LogP) is 2.81. The quantitative estimate of drug-likeness (QED) is 0.695. The Hall–Kier alpha value is -3.29. The van der Waals surface area contributed by atoms with Gasteiger partial charge in [0.25, 0.3) is 11.6 Å². The summed E-state index contributed by atoms with van der Waals surface area (Å²) in [5.41, 5.74) is 2.29. The van der Waals surface area contributed by atoms with Crippen LogP contribution >= 0.6 is 0 Å². The van der Waals surface area contributed by atoms with Crippen molar-refractivity contribution in [1.82, 2.24) is 15.5 Å². The Labute approximate surface area is 153 Å². The van der Waals surface area contributed by atoms with Crippen molar-refractivity contribution >= 4 is 23.0 Å². The van der Waals surface area contributed by atoms with E-state index in [0.717, 1.165) is 18.5 Å². The SMILES string of the molecule is COC(=O)CNC(=O)c1cc(C2CC2)nc2onc(-c3ccc(F)cc3)c12. The van der Waals surface area contributed by atoms with E-state index in [9.17, 15) is 14.0 Å². The van der Waals surface area contributed by atoms with Gasteiger partial charge < -0.3 is 14.6 Å². The number of nitrogens with zero attached hydrogens (tertiary/aromatic N) is 2. The van der Waals surface area contributed by atoms with Gasteiger partial charge in [0.05, 0.1) is 18.1 Å². The summed E-state index contributed by atoms with van der Waals surface area (Å²) in [5, 5.41) is 7.00. The van der Waals surface area contributed by atoms with Crippen molar-refractivity contribution < 1.29 is 23.2 Å². The minimum absolute atomic E-state index is 0.238. The van der Waals surface area contributed by atoms with Crippen molar-refractivity contribution in [2.45, 2.75) is 18.8 Å². The monoisotopic (exact) mass is 369 g/mol. The van der Waals surface area contributed by atoms with Crippen LogP contribution in [-0.2, 0) is 9.53 Å². The van der Waals surface area contributed by atoms with Crippen LogP contribution in [0.4, 0.5) is 4.39 Å². The number of nitrogens with one attached hydrogen (secondary N) is 1. The molecule has 7 nitrogen and oxygen atoms in total. The minimum Gasteiger partial charge on any atom is -0.468 e. The molecule has 1 N–H and O–H groups in total. The number of esters is 1. The molecule has 0 aliphatic heterocycles. The van der Waals surface area contributed by atoms with Crippen LogP contribution in [0, 0.1) is 5.82 Å². The third kappa shape index (κ3) is 3.38. The molecule has 3 aromatic rings. The number of methoxy groups -OCH3 is 1. The zero-order chi connectivity index (χ0) is 19.0. The molecule has 1 aromatic carbocycles. The second kappa shape index (κ2) is 6.79. The van der Waals surface area contributed by atoms with Gasteiger partial charge in [-0.05, 0) is 43.2 Å². The van der Waals surface area contributed by atoms with Crippen LogP contribution in [0.1, 0.15) is 34.8 Å². The van der Waals surface area contributed by atoms with E-state index in [-0.39, 0.29) is 18.1 Å². The molecule has 8 heteroatoms. The van der Waals surface area contributed by atoms with E-state index in [0.29, 0.717) is 28.1 Å². The highest BCUT2D eigenvalue weighted by Crippen LogP contribution is 2.41. The fraction of sp³-hybridized carbons (Fsp3) is 0.263. The Morgan fingerprint density at radius 2 is 2.04 bits per heavy atom. The highest BCUT2D eigenvalue weighted by atomic mass is 19.1. The number of pyridine rings is 1. The highest BCUT2D eigenvalue weighted by Gasteiger charge is 2.29. The molecule has 1 aliphatic carbocycles. The summed E-state index contributed by atoms with van der Waals surface area (Å²) in [5.74, 6) is -1.10. The number of benzene rings is 1. The molecule has 2 aromatic heterocycles. The molecular weight excluding hydrogens is 353 g/mol. The number of carbonyl (C=O) groups is 2. The first-order valence-corrected chi connectivity index (χ1v) is 8.48. The van der Waals surface area contributed by atoms with Crippen molar-refractivity contribution in [3.63, 3.8) is 0 Å². The molecule has 0 spiro atoms. The maximum absolute atomic E-state index is 13.2. The number of hydrogen-bond acceptors (Lipinski definition) is 6. The van der Waals surface area contributed by atoms with Crippen molar-refractivity contribution in [1.29, 1.82) is 0 Å². The highest BCUT2D eigenvalue weighted by molar-refractivity contribution is 6.10. The summed E-state index contributed by atoms with van der Waals surface area (Å²) < 4.78 is 23.2. The van der Waals surface area contributed by atoms with Crippen molar-refractivity contribution in [2.24, 2.45) is 0 Å². The molecule has 0 radical (unpaired) electrons. The lowest BCUT2D eigenvalue weighted by molar-refractivity contribution is -0.139. The van der Waals surface area contributed by atoms with Crippen LogP contribution in [0.15, 0.2) is 34.9 Å². The van der Waals surface area contributed by atoms with Gasteiger partial charge in [0.1, 0.15) is 18.1 Å². The van der Waals surface area contributed by atoms with Gasteiger partial charge in [-0.15, -0.1) is 0 Å². The molecule has 1 amide bonds. The lowest BCUT2D eigenvalue weighted by Gasteiger charge is -2.08. The summed E-state index contributed by atoms with van der Waals surface area (Å²) in [6.45, 7) is -0.255. The lowest BCUT2D eigenvalue weighted by atomic mass is 10.0. The van der Waals surface area contributed by atoms with Crippen LogP contribution in [0.25, 0.3) is 22.4 Å². The first-order chi connectivity index (χ1) is 13.1. The molecule has 0 unspecified atom stereocenters. The number of hydrogen-bond donors (Lipinski definition) is 1. The Balaban J connectivity index is 1.80. The van der Waals surface area contributed by atoms with E-state index in [1.165, 1.54) is 19.2 Å². The van der Waals surface area contributed by atoms with E-state index in [2.05, 4.69) is 20.2 Å². The molecule has 1 saturated carbocycles. The van der Waals surface area contributed by atoms with Gasteiger partial charge in [-0.25, -0.2) is 9.37 Å². The number of ether oxygens (including phenoxy) is 1. The summed E-state index contributed by atoms with van der Waals surface area (Å²) in [6, 6.07) is 7.42. The first kappa shape index (κ1) is 17.1. The largest absolute Gasteiger partial charge is 0.468 e. The van der Waals surface area contributed by atoms with E-state index < -0.39 is 11.9 Å². The smallest absolute Gasteiger partial charge is 0.325 e. The van der Waals surface area contributed by atoms with Gasteiger partial charge in [-0.2, -0.15) is 0 Å². The first-order valence-electron chi connectivity index (χ1n) is 8.48. The maximum atomic E-state index is 13.2. The maximum Gasteiger partial charge on any atom is 0.325 e. The molecule has 138 valence electrons. The van der Waals surface area contributed by atoms with Crippen LogP contribution in [0.3, 0.4) is 0 Å². The Morgan fingerprint density at radius 3 is 2.70 bits per heavy atom. The van der Waals surface area contributed by atoms with E-state index >= 15 is 0 Å². The molecule has 2 heterocycles. The number of halogens is 1. The Bertz CT molecular complexity index is 1030. The molecule has 1 aliphatic rings. The van der Waals surface area contributed by atoms with E-state index in [1.807, 2.05) is 0 Å². The standard InChI is InChI=1S/C19H16FN3O4/c1-26-15(24)9-21-18(25)13-8-14(10-2-3-10)22-19-16(13)17(23-27-19)11-4-6-12(20)7-5-11/h4-8,10H,2-3,9H2,1H3,(H,21,25). The Morgan fingerprint density at radius 1 is 1.30 bits per heavy atom. The van der Waals surface area contributed by atoms with Gasteiger partial charge in [0.15, 0.2) is 0 Å². The zero-order valence-electron chi connectivity index (χ0n) is 14.5. The fourth-order valence-corrected chi connectivity index (χ4v) is 2.86. The summed E-state index contributed by atoms with van der Waals surface area (Å²) in [6.07, 6.45) is 2.00. The van der Waals surface area contributed by atoms with E-state index in [1.54, 1.807) is 18.2 Å². The third-order valence-corrected chi connectivity index (χ3v) is 4.45. The number of fused-ring (bicyclic) bond motifs is 1. The summed E-state index contributed by atoms with van der Waals surface area (Å²) in [7, 11) is 1.25. The number of amides is 1. The molecule has 4 rings (SSSR count). The molecule has 0 bridgehead atoms. The summed E-state index contributed by atoms with van der Waals surface area (Å²) >= 11 is 0. The third-order valence-electron chi connectivity index (χ3n) is 4.45. The fourth-order valence-electron chi connectivity index (χ4n) is 2.86. The molecule has 0 saturated heterocycles. The van der Waals surface area contributed by atoms with E-state index in [4.69, 9.17) is 4.52 Å². The van der Waals surface area contributed by atoms with Gasteiger partial charge in [0, 0.05) is 17.2 Å². The Kier molecular flexibility index (Phi) is 4.31. The lowest BCUT2D eigenvalue weighted by Crippen LogP contribution is -2.30. The van der Waals surface area contributed by atoms with Gasteiger partial charge in [-0.3, -0.25) is 9.59 Å². The normalized spacial score (nSPS) is 13.6. The van der Waals surface area contributed by atoms with Crippen molar-refractivity contribution in [2.75, 3.05) is 13.7 Å². The molecule has 27 heavy (non-hydrogen) atoms. The van der Waals surface area contributed by atoms with Gasteiger partial charge in [0.2, 0.25) is 0 Å². The zero-order valence-corrected chi connectivity index (χ0v) is 14.5. The van der Waals surface area contributed by atoms with Crippen LogP contribution in [0.5, 0.6) is 0 Å². The van der Waals surface area contributed by atoms with Crippen molar-refractivity contribution in [3.05, 3.63) is 47.4 Å². The number of aromatic nitrogens is 2.